The number of nitrogens with one attached hydrogen (secondary N) is 2. The number of fused-ring (bicyclic) bond motifs is 1. The van der Waals surface area contributed by atoms with Crippen LogP contribution in [0.1, 0.15) is 23.2 Å². The van der Waals surface area contributed by atoms with E-state index < -0.39 is 0 Å². The molecular formula is C14H17ClN4O. The van der Waals surface area contributed by atoms with E-state index in [2.05, 4.69) is 20.6 Å². The van der Waals surface area contributed by atoms with Crippen LogP contribution in [-0.4, -0.2) is 35.0 Å². The van der Waals surface area contributed by atoms with Crippen molar-refractivity contribution in [2.75, 3.05) is 13.1 Å². The highest BCUT2D eigenvalue weighted by Crippen LogP contribution is 2.13. The van der Waals surface area contributed by atoms with E-state index >= 15 is 0 Å². The first-order valence-electron chi connectivity index (χ1n) is 6.56. The maximum absolute atomic E-state index is 12.2. The second-order valence-electron chi connectivity index (χ2n) is 4.73. The van der Waals surface area contributed by atoms with Crippen LogP contribution in [0, 0.1) is 0 Å². The summed E-state index contributed by atoms with van der Waals surface area (Å²) in [6.45, 7) is 1.70. The summed E-state index contributed by atoms with van der Waals surface area (Å²) in [5.41, 5.74) is 1.99. The fraction of sp³-hybridized carbons (Fsp3) is 0.357. The minimum atomic E-state index is -0.0835. The smallest absolute Gasteiger partial charge is 0.253 e. The number of amides is 1. The third-order valence-corrected chi connectivity index (χ3v) is 3.41. The maximum Gasteiger partial charge on any atom is 0.253 e. The summed E-state index contributed by atoms with van der Waals surface area (Å²) in [6, 6.07) is 5.87. The quantitative estimate of drug-likeness (QED) is 0.900. The van der Waals surface area contributed by atoms with Gasteiger partial charge in [0.2, 0.25) is 0 Å². The molecule has 0 radical (unpaired) electrons. The second-order valence-corrected chi connectivity index (χ2v) is 4.73. The molecule has 106 valence electrons. The monoisotopic (exact) mass is 292 g/mol. The summed E-state index contributed by atoms with van der Waals surface area (Å²) < 4.78 is 0. The maximum atomic E-state index is 12.2. The van der Waals surface area contributed by atoms with Gasteiger partial charge in [-0.15, -0.1) is 12.4 Å². The molecule has 6 heteroatoms. The van der Waals surface area contributed by atoms with Gasteiger partial charge in [0, 0.05) is 25.0 Å². The van der Waals surface area contributed by atoms with Crippen LogP contribution in [0.3, 0.4) is 0 Å². The van der Waals surface area contributed by atoms with Crippen molar-refractivity contribution >= 4 is 29.3 Å². The molecule has 1 amide bonds. The van der Waals surface area contributed by atoms with Crippen LogP contribution in [-0.2, 0) is 0 Å². The molecule has 1 aliphatic rings. The first-order chi connectivity index (χ1) is 9.34. The summed E-state index contributed by atoms with van der Waals surface area (Å²) in [6.07, 6.45) is 5.54. The SMILES string of the molecule is Cl.O=C(NCC1CCCN1)c1cccc2nccnc12. The summed E-state index contributed by atoms with van der Waals surface area (Å²) in [5, 5.41) is 6.32. The summed E-state index contributed by atoms with van der Waals surface area (Å²) in [4.78, 5) is 20.7. The molecule has 2 N–H and O–H groups in total. The Bertz CT molecular complexity index is 593. The molecule has 3 rings (SSSR count). The third kappa shape index (κ3) is 3.05. The van der Waals surface area contributed by atoms with E-state index in [1.54, 1.807) is 18.5 Å². The average Bonchev–Trinajstić information content (AvgIpc) is 2.97. The molecule has 1 fully saturated rings. The number of benzene rings is 1. The predicted octanol–water partition coefficient (Wildman–Crippen LogP) is 1.53. The summed E-state index contributed by atoms with van der Waals surface area (Å²) >= 11 is 0. The van der Waals surface area contributed by atoms with Gasteiger partial charge in [-0.2, -0.15) is 0 Å². The van der Waals surface area contributed by atoms with Crippen molar-refractivity contribution < 1.29 is 4.79 Å². The van der Waals surface area contributed by atoms with E-state index in [0.717, 1.165) is 18.5 Å². The number of aromatic nitrogens is 2. The largest absolute Gasteiger partial charge is 0.350 e. The number of carbonyl (C=O) groups excluding carboxylic acids is 1. The Morgan fingerprint density at radius 3 is 3.00 bits per heavy atom. The van der Waals surface area contributed by atoms with Crippen LogP contribution in [0.25, 0.3) is 11.0 Å². The first kappa shape index (κ1) is 14.7. The Kier molecular flexibility index (Phi) is 4.87. The number of halogens is 1. The molecule has 2 heterocycles. The van der Waals surface area contributed by atoms with Gasteiger partial charge in [0.1, 0.15) is 5.52 Å². The highest BCUT2D eigenvalue weighted by atomic mass is 35.5. The molecule has 0 aliphatic carbocycles. The van der Waals surface area contributed by atoms with Gasteiger partial charge >= 0.3 is 0 Å². The molecule has 1 aromatic carbocycles. The Morgan fingerprint density at radius 1 is 1.35 bits per heavy atom. The molecule has 1 unspecified atom stereocenters. The van der Waals surface area contributed by atoms with Gasteiger partial charge in [-0.3, -0.25) is 14.8 Å². The van der Waals surface area contributed by atoms with E-state index in [-0.39, 0.29) is 18.3 Å². The Hall–Kier alpha value is -1.72. The van der Waals surface area contributed by atoms with Crippen LogP contribution in [0.4, 0.5) is 0 Å². The zero-order chi connectivity index (χ0) is 13.1. The van der Waals surface area contributed by atoms with Crippen molar-refractivity contribution in [2.45, 2.75) is 18.9 Å². The number of para-hydroxylation sites is 1. The summed E-state index contributed by atoms with van der Waals surface area (Å²) in [7, 11) is 0. The third-order valence-electron chi connectivity index (χ3n) is 3.41. The molecule has 0 bridgehead atoms. The van der Waals surface area contributed by atoms with Crippen molar-refractivity contribution in [1.82, 2.24) is 20.6 Å². The molecule has 0 spiro atoms. The van der Waals surface area contributed by atoms with Crippen LogP contribution < -0.4 is 10.6 Å². The number of rotatable bonds is 3. The van der Waals surface area contributed by atoms with Gasteiger partial charge in [-0.05, 0) is 31.5 Å². The van der Waals surface area contributed by atoms with Gasteiger partial charge in [0.05, 0.1) is 11.1 Å². The lowest BCUT2D eigenvalue weighted by Crippen LogP contribution is -2.37. The fourth-order valence-corrected chi connectivity index (χ4v) is 2.42. The molecule has 5 nitrogen and oxygen atoms in total. The number of hydrogen-bond acceptors (Lipinski definition) is 4. The number of carbonyl (C=O) groups is 1. The molecule has 1 aromatic heterocycles. The van der Waals surface area contributed by atoms with Crippen LogP contribution >= 0.6 is 12.4 Å². The molecular weight excluding hydrogens is 276 g/mol. The highest BCUT2D eigenvalue weighted by Gasteiger charge is 2.16. The molecule has 1 atom stereocenters. The van der Waals surface area contributed by atoms with Crippen molar-refractivity contribution in [3.05, 3.63) is 36.2 Å². The average molecular weight is 293 g/mol. The summed E-state index contributed by atoms with van der Waals surface area (Å²) in [5.74, 6) is -0.0835. The minimum absolute atomic E-state index is 0. The van der Waals surface area contributed by atoms with Crippen molar-refractivity contribution in [3.63, 3.8) is 0 Å². The zero-order valence-corrected chi connectivity index (χ0v) is 11.8. The number of nitrogens with zero attached hydrogens (tertiary/aromatic N) is 2. The molecule has 1 saturated heterocycles. The predicted molar refractivity (Wildman–Crippen MR) is 80.1 cm³/mol. The second kappa shape index (κ2) is 6.63. The van der Waals surface area contributed by atoms with E-state index in [0.29, 0.717) is 23.7 Å². The Labute approximate surface area is 123 Å². The van der Waals surface area contributed by atoms with Crippen molar-refractivity contribution in [3.8, 4) is 0 Å². The Morgan fingerprint density at radius 2 is 2.20 bits per heavy atom. The molecule has 1 aliphatic heterocycles. The van der Waals surface area contributed by atoms with Crippen LogP contribution in [0.5, 0.6) is 0 Å². The van der Waals surface area contributed by atoms with Crippen molar-refractivity contribution in [1.29, 1.82) is 0 Å². The minimum Gasteiger partial charge on any atom is -0.350 e. The lowest BCUT2D eigenvalue weighted by Gasteiger charge is -2.12. The van der Waals surface area contributed by atoms with E-state index in [1.807, 2.05) is 12.1 Å². The van der Waals surface area contributed by atoms with Gasteiger partial charge < -0.3 is 10.6 Å². The first-order valence-corrected chi connectivity index (χ1v) is 6.56. The normalized spacial score (nSPS) is 17.7. The molecule has 0 saturated carbocycles. The van der Waals surface area contributed by atoms with Gasteiger partial charge in [-0.1, -0.05) is 6.07 Å². The van der Waals surface area contributed by atoms with Crippen LogP contribution in [0.15, 0.2) is 30.6 Å². The standard InChI is InChI=1S/C14H16N4O.ClH/c19-14(18-9-10-3-2-6-15-10)11-4-1-5-12-13(11)17-8-7-16-12;/h1,4-5,7-8,10,15H,2-3,6,9H2,(H,18,19);1H. The van der Waals surface area contributed by atoms with Gasteiger partial charge in [-0.25, -0.2) is 0 Å². The topological polar surface area (TPSA) is 66.9 Å². The Balaban J connectivity index is 0.00000147. The van der Waals surface area contributed by atoms with Gasteiger partial charge in [0.25, 0.3) is 5.91 Å². The zero-order valence-electron chi connectivity index (χ0n) is 11.0. The lowest BCUT2D eigenvalue weighted by molar-refractivity contribution is 0.0952. The molecule has 20 heavy (non-hydrogen) atoms. The highest BCUT2D eigenvalue weighted by molar-refractivity contribution is 6.04. The molecule has 2 aromatic rings. The van der Waals surface area contributed by atoms with Crippen molar-refractivity contribution in [2.24, 2.45) is 0 Å². The van der Waals surface area contributed by atoms with E-state index in [9.17, 15) is 4.79 Å². The van der Waals surface area contributed by atoms with E-state index in [1.165, 1.54) is 6.42 Å². The van der Waals surface area contributed by atoms with Crippen LogP contribution in [0.2, 0.25) is 0 Å². The number of hydrogen-bond donors (Lipinski definition) is 2. The van der Waals surface area contributed by atoms with E-state index in [4.69, 9.17) is 0 Å². The fourth-order valence-electron chi connectivity index (χ4n) is 2.42. The van der Waals surface area contributed by atoms with Gasteiger partial charge in [0.15, 0.2) is 0 Å². The lowest BCUT2D eigenvalue weighted by atomic mass is 10.1.